The number of rotatable bonds is 6. The van der Waals surface area contributed by atoms with Crippen molar-refractivity contribution in [2.75, 3.05) is 16.0 Å². The van der Waals surface area contributed by atoms with Crippen LogP contribution >= 0.6 is 35.0 Å². The highest BCUT2D eigenvalue weighted by Gasteiger charge is 2.32. The van der Waals surface area contributed by atoms with Crippen molar-refractivity contribution < 1.29 is 18.8 Å². The molecule has 0 saturated heterocycles. The van der Waals surface area contributed by atoms with Crippen LogP contribution in [0, 0.1) is 0 Å². The molecule has 0 atom stereocenters. The lowest BCUT2D eigenvalue weighted by atomic mass is 10.2. The van der Waals surface area contributed by atoms with E-state index in [0.717, 1.165) is 11.8 Å². The highest BCUT2D eigenvalue weighted by atomic mass is 35.5. The van der Waals surface area contributed by atoms with Gasteiger partial charge in [0.1, 0.15) is 5.70 Å². The van der Waals surface area contributed by atoms with Crippen molar-refractivity contribution in [3.05, 3.63) is 76.0 Å². The number of amides is 2. The average Bonchev–Trinajstić information content (AvgIpc) is 3.40. The molecule has 2 amide bonds. The van der Waals surface area contributed by atoms with Crippen LogP contribution in [0.2, 0.25) is 10.0 Å². The molecule has 174 valence electrons. The van der Waals surface area contributed by atoms with E-state index in [-0.39, 0.29) is 35.2 Å². The molecule has 0 aliphatic carbocycles. The molecule has 0 unspecified atom stereocenters. The predicted octanol–water partition coefficient (Wildman–Crippen LogP) is 4.97. The molecule has 8 nitrogen and oxygen atoms in total. The molecule has 0 saturated carbocycles. The molecule has 0 spiro atoms. The van der Waals surface area contributed by atoms with Gasteiger partial charge in [-0.05, 0) is 48.9 Å². The lowest BCUT2D eigenvalue weighted by Gasteiger charge is -2.17. The number of hydrogen-bond donors (Lipinski definition) is 1. The molecule has 34 heavy (non-hydrogen) atoms. The maximum absolute atomic E-state index is 13.3. The zero-order chi connectivity index (χ0) is 24.2. The first-order valence-corrected chi connectivity index (χ1v) is 12.0. The Labute approximate surface area is 210 Å². The van der Waals surface area contributed by atoms with E-state index in [1.165, 1.54) is 4.90 Å². The van der Waals surface area contributed by atoms with E-state index in [1.807, 2.05) is 32.0 Å². The fourth-order valence-electron chi connectivity index (χ4n) is 3.04. The second-order valence-electron chi connectivity index (χ2n) is 7.51. The van der Waals surface area contributed by atoms with Crippen LogP contribution in [0.3, 0.4) is 0 Å². The van der Waals surface area contributed by atoms with Crippen molar-refractivity contribution in [1.82, 2.24) is 5.27 Å². The standard InChI is InChI=1S/C23H19Cl2N5O3S/c1-14(2)29-12-21(33-28-29)27-20(31)13-34-23-26-19(11-16-17(24)9-6-10-18(16)25)22(32)30(23)15-7-4-3-5-8-15/h3-12,14H,13H2,1-2H3/p+1/b19-11-. The molecule has 11 heteroatoms. The third-order valence-electron chi connectivity index (χ3n) is 4.73. The van der Waals surface area contributed by atoms with E-state index in [1.54, 1.807) is 47.3 Å². The van der Waals surface area contributed by atoms with E-state index in [9.17, 15) is 9.59 Å². The first-order valence-electron chi connectivity index (χ1n) is 10.3. The molecule has 2 aromatic carbocycles. The van der Waals surface area contributed by atoms with E-state index in [0.29, 0.717) is 26.5 Å². The van der Waals surface area contributed by atoms with Gasteiger partial charge < -0.3 is 0 Å². The Kier molecular flexibility index (Phi) is 7.35. The van der Waals surface area contributed by atoms with Crippen molar-refractivity contribution in [2.45, 2.75) is 19.9 Å². The average molecular weight is 517 g/mol. The number of amidine groups is 1. The summed E-state index contributed by atoms with van der Waals surface area (Å²) in [5.41, 5.74) is 1.29. The van der Waals surface area contributed by atoms with Gasteiger partial charge in [0.05, 0.1) is 11.4 Å². The Balaban J connectivity index is 1.57. The zero-order valence-corrected chi connectivity index (χ0v) is 20.6. The number of nitrogens with zero attached hydrogens (tertiary/aromatic N) is 4. The van der Waals surface area contributed by atoms with Gasteiger partial charge in [-0.1, -0.05) is 59.2 Å². The van der Waals surface area contributed by atoms with E-state index in [2.05, 4.69) is 15.6 Å². The lowest BCUT2D eigenvalue weighted by molar-refractivity contribution is -0.779. The van der Waals surface area contributed by atoms with E-state index >= 15 is 0 Å². The van der Waals surface area contributed by atoms with Gasteiger partial charge in [-0.25, -0.2) is 4.99 Å². The van der Waals surface area contributed by atoms with Gasteiger partial charge in [0.15, 0.2) is 11.2 Å². The number of thioether (sulfide) groups is 1. The summed E-state index contributed by atoms with van der Waals surface area (Å²) in [6.07, 6.45) is 3.16. The molecule has 4 rings (SSSR count). The highest BCUT2D eigenvalue weighted by Crippen LogP contribution is 2.32. The normalized spacial score (nSPS) is 14.7. The van der Waals surface area contributed by atoms with Crippen LogP contribution in [0.5, 0.6) is 0 Å². The zero-order valence-electron chi connectivity index (χ0n) is 18.2. The number of benzene rings is 2. The first kappa shape index (κ1) is 24.0. The SMILES string of the molecule is CC(C)[n+]1cc(NC(=O)CSC2=N/C(=C\c3c(Cl)cccc3Cl)C(=O)N2c2ccccc2)on1. The predicted molar refractivity (Wildman–Crippen MR) is 134 cm³/mol. The number of para-hydroxylation sites is 1. The molecule has 0 bridgehead atoms. The monoisotopic (exact) mass is 516 g/mol. The fraction of sp³-hybridized carbons (Fsp3) is 0.174. The number of nitrogens with one attached hydrogen (secondary N) is 1. The maximum Gasteiger partial charge on any atom is 0.302 e. The molecular weight excluding hydrogens is 497 g/mol. The number of aromatic nitrogens is 2. The second kappa shape index (κ2) is 10.4. The third kappa shape index (κ3) is 5.32. The summed E-state index contributed by atoms with van der Waals surface area (Å²) < 4.78 is 6.72. The van der Waals surface area contributed by atoms with Gasteiger partial charge in [0, 0.05) is 15.6 Å². The van der Waals surface area contributed by atoms with Crippen molar-refractivity contribution in [3.8, 4) is 0 Å². The molecule has 1 N–H and O–H groups in total. The Hall–Kier alpha value is -3.14. The van der Waals surface area contributed by atoms with Gasteiger partial charge in [-0.2, -0.15) is 0 Å². The molecule has 0 fully saturated rings. The Morgan fingerprint density at radius 2 is 1.88 bits per heavy atom. The molecule has 1 aliphatic rings. The smallest absolute Gasteiger partial charge is 0.288 e. The second-order valence-corrected chi connectivity index (χ2v) is 9.27. The van der Waals surface area contributed by atoms with Crippen LogP contribution in [-0.4, -0.2) is 28.0 Å². The van der Waals surface area contributed by atoms with Crippen molar-refractivity contribution in [3.63, 3.8) is 0 Å². The van der Waals surface area contributed by atoms with Gasteiger partial charge in [-0.15, -0.1) is 0 Å². The minimum absolute atomic E-state index is 0.00203. The number of carbonyl (C=O) groups is 2. The van der Waals surface area contributed by atoms with Gasteiger partial charge in [0.25, 0.3) is 12.1 Å². The Bertz CT molecular complexity index is 1270. The summed E-state index contributed by atoms with van der Waals surface area (Å²) in [6.45, 7) is 3.89. The van der Waals surface area contributed by atoms with Crippen LogP contribution < -0.4 is 14.9 Å². The van der Waals surface area contributed by atoms with Crippen molar-refractivity contribution in [2.24, 2.45) is 4.99 Å². The van der Waals surface area contributed by atoms with Crippen molar-refractivity contribution in [1.29, 1.82) is 0 Å². The highest BCUT2D eigenvalue weighted by molar-refractivity contribution is 8.14. The number of halogens is 2. The molecule has 1 aromatic heterocycles. The lowest BCUT2D eigenvalue weighted by Crippen LogP contribution is -2.37. The first-order chi connectivity index (χ1) is 16.3. The number of hydrogen-bond acceptors (Lipinski definition) is 6. The van der Waals surface area contributed by atoms with Crippen LogP contribution in [0.4, 0.5) is 11.6 Å². The largest absolute Gasteiger partial charge is 0.302 e. The quantitative estimate of drug-likeness (QED) is 0.369. The number of aliphatic imine (C=N–C) groups is 1. The molecule has 2 heterocycles. The van der Waals surface area contributed by atoms with Gasteiger partial charge in [0.2, 0.25) is 11.2 Å². The summed E-state index contributed by atoms with van der Waals surface area (Å²) in [7, 11) is 0. The maximum atomic E-state index is 13.3. The minimum atomic E-state index is -0.349. The van der Waals surface area contributed by atoms with E-state index in [4.69, 9.17) is 27.7 Å². The van der Waals surface area contributed by atoms with E-state index < -0.39 is 0 Å². The molecule has 0 radical (unpaired) electrons. The molecule has 3 aromatic rings. The van der Waals surface area contributed by atoms with Crippen LogP contribution in [0.15, 0.2) is 69.9 Å². The topological polar surface area (TPSA) is 91.7 Å². The summed E-state index contributed by atoms with van der Waals surface area (Å²) in [5.74, 6) is -0.444. The Morgan fingerprint density at radius 1 is 1.18 bits per heavy atom. The minimum Gasteiger partial charge on any atom is -0.288 e. The van der Waals surface area contributed by atoms with Crippen molar-refractivity contribution >= 4 is 69.6 Å². The number of anilines is 2. The molecule has 1 aliphatic heterocycles. The van der Waals surface area contributed by atoms with Crippen LogP contribution in [0.1, 0.15) is 25.5 Å². The summed E-state index contributed by atoms with van der Waals surface area (Å²) in [6, 6.07) is 14.3. The van der Waals surface area contributed by atoms with Gasteiger partial charge >= 0.3 is 5.88 Å². The van der Waals surface area contributed by atoms with Gasteiger partial charge in [-0.3, -0.25) is 24.3 Å². The van der Waals surface area contributed by atoms with Crippen LogP contribution in [-0.2, 0) is 9.59 Å². The molecular formula is C23H20Cl2N5O3S+. The summed E-state index contributed by atoms with van der Waals surface area (Å²) in [4.78, 5) is 31.7. The summed E-state index contributed by atoms with van der Waals surface area (Å²) in [5, 5.41) is 7.67. The summed E-state index contributed by atoms with van der Waals surface area (Å²) >= 11 is 13.7. The number of carbonyl (C=O) groups excluding carboxylic acids is 2. The Morgan fingerprint density at radius 3 is 2.53 bits per heavy atom. The fourth-order valence-corrected chi connectivity index (χ4v) is 4.36. The van der Waals surface area contributed by atoms with Crippen LogP contribution in [0.25, 0.3) is 6.08 Å². The third-order valence-corrected chi connectivity index (χ3v) is 6.33.